The number of fused-ring (bicyclic) bond motifs is 2. The number of Topliss-reactive ketones (excluding diaryl/α,β-unsaturated/α-hetero) is 1. The molecule has 162 valence electrons. The molecule has 0 fully saturated rings. The lowest BCUT2D eigenvalue weighted by Gasteiger charge is -2.39. The van der Waals surface area contributed by atoms with Crippen LogP contribution < -0.4 is 4.90 Å². The fourth-order valence-corrected chi connectivity index (χ4v) is 5.40. The summed E-state index contributed by atoms with van der Waals surface area (Å²) in [5, 5.41) is 0.434. The van der Waals surface area contributed by atoms with Crippen LogP contribution in [-0.2, 0) is 16.9 Å². The predicted octanol–water partition coefficient (Wildman–Crippen LogP) is 4.07. The fraction of sp³-hybridized carbons (Fsp3) is 0.333. The molecule has 7 heteroatoms. The van der Waals surface area contributed by atoms with Crippen molar-refractivity contribution in [3.8, 4) is 0 Å². The maximum atomic E-state index is 13.3. The number of para-hydroxylation sites is 1. The Hall–Kier alpha value is -2.61. The fourth-order valence-electron chi connectivity index (χ4n) is 4.33. The van der Waals surface area contributed by atoms with Crippen LogP contribution in [0.15, 0.2) is 54.2 Å². The molecule has 0 bridgehead atoms. The molecule has 1 N–H and O–H groups in total. The van der Waals surface area contributed by atoms with Crippen LogP contribution in [0.5, 0.6) is 0 Å². The van der Waals surface area contributed by atoms with E-state index < -0.39 is 11.2 Å². The van der Waals surface area contributed by atoms with Crippen molar-refractivity contribution in [1.82, 2.24) is 14.9 Å². The number of aromatic nitrogens is 2. The van der Waals surface area contributed by atoms with E-state index in [2.05, 4.69) is 58.6 Å². The van der Waals surface area contributed by atoms with Crippen LogP contribution in [0.2, 0.25) is 0 Å². The molecule has 0 amide bonds. The Morgan fingerprint density at radius 3 is 2.90 bits per heavy atom. The molecular weight excluding hydrogens is 408 g/mol. The van der Waals surface area contributed by atoms with Gasteiger partial charge in [0.15, 0.2) is 5.78 Å². The monoisotopic (exact) mass is 436 g/mol. The van der Waals surface area contributed by atoms with Gasteiger partial charge in [0.25, 0.3) is 0 Å². The van der Waals surface area contributed by atoms with E-state index >= 15 is 0 Å². The molecule has 0 aliphatic carbocycles. The molecule has 1 aliphatic heterocycles. The minimum Gasteiger partial charge on any atom is -0.609 e. The van der Waals surface area contributed by atoms with Crippen molar-refractivity contribution < 1.29 is 9.35 Å². The molecule has 2 aromatic carbocycles. The van der Waals surface area contributed by atoms with E-state index in [4.69, 9.17) is 0 Å². The Morgan fingerprint density at radius 1 is 1.39 bits per heavy atom. The first-order valence-electron chi connectivity index (χ1n) is 10.4. The quantitative estimate of drug-likeness (QED) is 0.343. The van der Waals surface area contributed by atoms with Gasteiger partial charge in [-0.15, -0.1) is 6.58 Å². The molecule has 4 rings (SSSR count). The number of carbonyl (C=O) groups is 1. The molecule has 6 nitrogen and oxygen atoms in total. The van der Waals surface area contributed by atoms with Gasteiger partial charge in [0.2, 0.25) is 0 Å². The van der Waals surface area contributed by atoms with Crippen LogP contribution in [0, 0.1) is 0 Å². The van der Waals surface area contributed by atoms with Gasteiger partial charge in [-0.05, 0) is 51.2 Å². The Bertz CT molecular complexity index is 1120. The van der Waals surface area contributed by atoms with Crippen LogP contribution in [0.1, 0.15) is 40.9 Å². The van der Waals surface area contributed by atoms with Crippen LogP contribution in [0.3, 0.4) is 0 Å². The third-order valence-corrected chi connectivity index (χ3v) is 7.04. The lowest BCUT2D eigenvalue weighted by molar-refractivity contribution is 0.101. The highest BCUT2D eigenvalue weighted by Gasteiger charge is 2.30. The normalized spacial score (nSPS) is 17.1. The highest BCUT2D eigenvalue weighted by Crippen LogP contribution is 2.39. The Morgan fingerprint density at radius 2 is 2.19 bits per heavy atom. The predicted molar refractivity (Wildman–Crippen MR) is 126 cm³/mol. The first-order chi connectivity index (χ1) is 14.9. The highest BCUT2D eigenvalue weighted by atomic mass is 32.2. The Labute approximate surface area is 186 Å². The van der Waals surface area contributed by atoms with E-state index in [1.54, 1.807) is 18.2 Å². The minimum absolute atomic E-state index is 0.00663. The van der Waals surface area contributed by atoms with Crippen molar-refractivity contribution in [1.29, 1.82) is 0 Å². The lowest BCUT2D eigenvalue weighted by Crippen LogP contribution is -2.36. The minimum atomic E-state index is -1.34. The summed E-state index contributed by atoms with van der Waals surface area (Å²) in [6, 6.07) is 11.9. The van der Waals surface area contributed by atoms with Gasteiger partial charge in [-0.3, -0.25) is 9.78 Å². The number of anilines is 1. The number of imidazole rings is 1. The number of nitrogens with one attached hydrogen (secondary N) is 1. The van der Waals surface area contributed by atoms with Crippen LogP contribution >= 0.6 is 0 Å². The van der Waals surface area contributed by atoms with Gasteiger partial charge < -0.3 is 14.4 Å². The van der Waals surface area contributed by atoms with Crippen molar-refractivity contribution in [3.05, 3.63) is 65.7 Å². The smallest absolute Gasteiger partial charge is 0.321 e. The number of aromatic amines is 1. The summed E-state index contributed by atoms with van der Waals surface area (Å²) in [6.45, 7) is 7.14. The molecule has 1 aliphatic rings. The van der Waals surface area contributed by atoms with Gasteiger partial charge in [0.1, 0.15) is 5.75 Å². The molecule has 0 saturated carbocycles. The molecule has 0 saturated heterocycles. The second kappa shape index (κ2) is 8.86. The van der Waals surface area contributed by atoms with Crippen molar-refractivity contribution >= 4 is 33.7 Å². The molecule has 2 atom stereocenters. The zero-order chi connectivity index (χ0) is 22.1. The molecule has 2 unspecified atom stereocenters. The topological polar surface area (TPSA) is 75.3 Å². The number of ketones is 1. The van der Waals surface area contributed by atoms with E-state index in [0.29, 0.717) is 28.0 Å². The average Bonchev–Trinajstić information content (AvgIpc) is 3.17. The van der Waals surface area contributed by atoms with Crippen molar-refractivity contribution in [2.75, 3.05) is 32.1 Å². The van der Waals surface area contributed by atoms with Crippen molar-refractivity contribution in [3.63, 3.8) is 0 Å². The van der Waals surface area contributed by atoms with E-state index in [0.717, 1.165) is 36.3 Å². The molecule has 2 heterocycles. The average molecular weight is 437 g/mol. The van der Waals surface area contributed by atoms with Crippen molar-refractivity contribution in [2.24, 2.45) is 0 Å². The van der Waals surface area contributed by atoms with Gasteiger partial charge in [-0.1, -0.05) is 24.3 Å². The van der Waals surface area contributed by atoms with E-state index in [-0.39, 0.29) is 5.78 Å². The molecule has 0 spiro atoms. The second-order valence-corrected chi connectivity index (χ2v) is 9.54. The SMILES string of the molecule is C=CCN1CCC(N(C)C)c2cccc(C[S+]([O-])c3nc4ccc(C(C)=O)cc4[nH]3)c21. The van der Waals surface area contributed by atoms with E-state index in [1.807, 2.05) is 6.08 Å². The van der Waals surface area contributed by atoms with Crippen LogP contribution in [0.4, 0.5) is 5.69 Å². The van der Waals surface area contributed by atoms with Gasteiger partial charge in [-0.25, -0.2) is 0 Å². The largest absolute Gasteiger partial charge is 0.609 e. The summed E-state index contributed by atoms with van der Waals surface area (Å²) in [7, 11) is 4.21. The van der Waals surface area contributed by atoms with Gasteiger partial charge >= 0.3 is 5.16 Å². The third kappa shape index (κ3) is 4.26. The molecular formula is C24H28N4O2S. The zero-order valence-electron chi connectivity index (χ0n) is 18.2. The van der Waals surface area contributed by atoms with Gasteiger partial charge in [0.05, 0.1) is 11.0 Å². The van der Waals surface area contributed by atoms with Crippen LogP contribution in [0.25, 0.3) is 11.0 Å². The second-order valence-electron chi connectivity index (χ2n) is 8.18. The van der Waals surface area contributed by atoms with Crippen molar-refractivity contribution in [2.45, 2.75) is 30.3 Å². The van der Waals surface area contributed by atoms with Crippen LogP contribution in [-0.4, -0.2) is 52.4 Å². The standard InChI is InChI=1S/C24H28N4O2S/c1-5-12-28-13-11-22(27(3)4)19-8-6-7-18(23(19)28)15-31(30)24-25-20-10-9-17(16(2)29)14-21(20)26-24/h5-10,14,22H,1,11-13,15H2,2-4H3,(H,25,26). The number of nitrogens with zero attached hydrogens (tertiary/aromatic N) is 3. The molecule has 3 aromatic rings. The first kappa shape index (κ1) is 21.6. The number of carbonyl (C=O) groups excluding carboxylic acids is 1. The number of H-pyrrole nitrogens is 1. The summed E-state index contributed by atoms with van der Waals surface area (Å²) in [4.78, 5) is 23.9. The molecule has 0 radical (unpaired) electrons. The molecule has 1 aromatic heterocycles. The van der Waals surface area contributed by atoms with Gasteiger partial charge in [0, 0.05) is 47.1 Å². The lowest BCUT2D eigenvalue weighted by atomic mass is 9.93. The zero-order valence-corrected chi connectivity index (χ0v) is 19.0. The summed E-state index contributed by atoms with van der Waals surface area (Å²) < 4.78 is 13.3. The first-order valence-corrected chi connectivity index (χ1v) is 11.7. The Kier molecular flexibility index (Phi) is 6.18. The number of hydrogen-bond donors (Lipinski definition) is 1. The maximum Gasteiger partial charge on any atom is 0.321 e. The summed E-state index contributed by atoms with van der Waals surface area (Å²) in [6.07, 6.45) is 2.96. The molecule has 31 heavy (non-hydrogen) atoms. The summed E-state index contributed by atoms with van der Waals surface area (Å²) in [5.74, 6) is 0.365. The summed E-state index contributed by atoms with van der Waals surface area (Å²) in [5.41, 5.74) is 5.53. The number of hydrogen-bond acceptors (Lipinski definition) is 5. The van der Waals surface area contributed by atoms with Gasteiger partial charge in [-0.2, -0.15) is 4.98 Å². The van der Waals surface area contributed by atoms with E-state index in [1.165, 1.54) is 12.5 Å². The number of benzene rings is 2. The maximum absolute atomic E-state index is 13.3. The number of rotatable bonds is 7. The third-order valence-electron chi connectivity index (χ3n) is 5.84. The van der Waals surface area contributed by atoms with E-state index in [9.17, 15) is 9.35 Å². The highest BCUT2D eigenvalue weighted by molar-refractivity contribution is 7.90. The summed E-state index contributed by atoms with van der Waals surface area (Å²) >= 11 is -1.34. The Balaban J connectivity index is 1.67.